The molecular weight excluding hydrogens is 258 g/mol. The SMILES string of the molecule is Cc1nc(-c2cccc(C(=O)NC(C)(C)CO)c2)no1. The molecule has 0 radical (unpaired) electrons. The topological polar surface area (TPSA) is 88.2 Å². The van der Waals surface area contributed by atoms with E-state index in [0.717, 1.165) is 0 Å². The maximum atomic E-state index is 12.1. The van der Waals surface area contributed by atoms with E-state index >= 15 is 0 Å². The van der Waals surface area contributed by atoms with Crippen molar-refractivity contribution in [2.75, 3.05) is 6.61 Å². The Morgan fingerprint density at radius 2 is 2.20 bits per heavy atom. The van der Waals surface area contributed by atoms with Gasteiger partial charge in [0.2, 0.25) is 11.7 Å². The number of hydrogen-bond donors (Lipinski definition) is 2. The molecule has 0 aliphatic rings. The second-order valence-corrected chi connectivity index (χ2v) is 5.21. The summed E-state index contributed by atoms with van der Waals surface area (Å²) in [7, 11) is 0. The molecule has 106 valence electrons. The molecule has 1 aromatic heterocycles. The van der Waals surface area contributed by atoms with E-state index in [1.807, 2.05) is 0 Å². The second-order valence-electron chi connectivity index (χ2n) is 5.21. The molecule has 2 aromatic rings. The van der Waals surface area contributed by atoms with Crippen LogP contribution in [0.3, 0.4) is 0 Å². The Hall–Kier alpha value is -2.21. The van der Waals surface area contributed by atoms with Crippen LogP contribution >= 0.6 is 0 Å². The van der Waals surface area contributed by atoms with Gasteiger partial charge in [0.05, 0.1) is 12.1 Å². The summed E-state index contributed by atoms with van der Waals surface area (Å²) in [5.74, 6) is 0.654. The highest BCUT2D eigenvalue weighted by atomic mass is 16.5. The first-order valence-electron chi connectivity index (χ1n) is 6.25. The van der Waals surface area contributed by atoms with Crippen LogP contribution in [-0.4, -0.2) is 33.3 Å². The van der Waals surface area contributed by atoms with Gasteiger partial charge in [-0.15, -0.1) is 0 Å². The van der Waals surface area contributed by atoms with Crippen LogP contribution < -0.4 is 5.32 Å². The first-order chi connectivity index (χ1) is 9.41. The minimum absolute atomic E-state index is 0.136. The Bertz CT molecular complexity index is 620. The molecule has 0 aliphatic heterocycles. The molecule has 1 aromatic carbocycles. The molecular formula is C14H17N3O3. The zero-order chi connectivity index (χ0) is 14.8. The van der Waals surface area contributed by atoms with Gasteiger partial charge in [0.15, 0.2) is 0 Å². The highest BCUT2D eigenvalue weighted by Crippen LogP contribution is 2.17. The number of amides is 1. The Labute approximate surface area is 116 Å². The number of benzene rings is 1. The minimum Gasteiger partial charge on any atom is -0.394 e. The molecule has 6 nitrogen and oxygen atoms in total. The molecule has 6 heteroatoms. The summed E-state index contributed by atoms with van der Waals surface area (Å²) < 4.78 is 4.92. The van der Waals surface area contributed by atoms with Gasteiger partial charge >= 0.3 is 0 Å². The van der Waals surface area contributed by atoms with E-state index in [2.05, 4.69) is 15.5 Å². The number of rotatable bonds is 4. The molecule has 0 saturated carbocycles. The lowest BCUT2D eigenvalue weighted by molar-refractivity contribution is 0.0869. The molecule has 0 unspecified atom stereocenters. The van der Waals surface area contributed by atoms with Gasteiger partial charge in [0.25, 0.3) is 5.91 Å². The maximum Gasteiger partial charge on any atom is 0.251 e. The number of aliphatic hydroxyl groups is 1. The van der Waals surface area contributed by atoms with Crippen LogP contribution in [0, 0.1) is 6.92 Å². The van der Waals surface area contributed by atoms with Crippen molar-refractivity contribution in [1.82, 2.24) is 15.5 Å². The molecule has 2 rings (SSSR count). The number of nitrogens with zero attached hydrogens (tertiary/aromatic N) is 2. The molecule has 0 saturated heterocycles. The van der Waals surface area contributed by atoms with Crippen LogP contribution in [0.1, 0.15) is 30.1 Å². The Morgan fingerprint density at radius 3 is 2.80 bits per heavy atom. The van der Waals surface area contributed by atoms with Gasteiger partial charge in [-0.1, -0.05) is 17.3 Å². The summed E-state index contributed by atoms with van der Waals surface area (Å²) in [5, 5.41) is 15.8. The lowest BCUT2D eigenvalue weighted by Gasteiger charge is -2.23. The lowest BCUT2D eigenvalue weighted by atomic mass is 10.0. The Morgan fingerprint density at radius 1 is 1.45 bits per heavy atom. The zero-order valence-corrected chi connectivity index (χ0v) is 11.7. The number of carbonyl (C=O) groups excluding carboxylic acids is 1. The summed E-state index contributed by atoms with van der Waals surface area (Å²) in [5.41, 5.74) is 0.512. The third-order valence-electron chi connectivity index (χ3n) is 2.76. The van der Waals surface area contributed by atoms with Crippen LogP contribution in [0.2, 0.25) is 0 Å². The lowest BCUT2D eigenvalue weighted by Crippen LogP contribution is -2.46. The fraction of sp³-hybridized carbons (Fsp3) is 0.357. The van der Waals surface area contributed by atoms with E-state index in [1.54, 1.807) is 45.0 Å². The van der Waals surface area contributed by atoms with Gasteiger partial charge in [-0.25, -0.2) is 0 Å². The number of aromatic nitrogens is 2. The molecule has 0 aliphatic carbocycles. The molecule has 1 heterocycles. The quantitative estimate of drug-likeness (QED) is 0.883. The third-order valence-corrected chi connectivity index (χ3v) is 2.76. The summed E-state index contributed by atoms with van der Waals surface area (Å²) in [4.78, 5) is 16.2. The predicted octanol–water partition coefficient (Wildman–Crippen LogP) is 1.55. The van der Waals surface area contributed by atoms with Crippen molar-refractivity contribution in [1.29, 1.82) is 0 Å². The van der Waals surface area contributed by atoms with Crippen molar-refractivity contribution in [3.05, 3.63) is 35.7 Å². The fourth-order valence-electron chi connectivity index (χ4n) is 1.64. The summed E-state index contributed by atoms with van der Waals surface area (Å²) in [6, 6.07) is 6.94. The van der Waals surface area contributed by atoms with E-state index < -0.39 is 5.54 Å². The third kappa shape index (κ3) is 3.21. The minimum atomic E-state index is -0.671. The predicted molar refractivity (Wildman–Crippen MR) is 73.1 cm³/mol. The molecule has 1 amide bonds. The molecule has 0 fully saturated rings. The van der Waals surface area contributed by atoms with Gasteiger partial charge in [-0.3, -0.25) is 4.79 Å². The van der Waals surface area contributed by atoms with Gasteiger partial charge in [-0.05, 0) is 26.0 Å². The number of aryl methyl sites for hydroxylation is 1. The van der Waals surface area contributed by atoms with Crippen molar-refractivity contribution in [3.8, 4) is 11.4 Å². The maximum absolute atomic E-state index is 12.1. The van der Waals surface area contributed by atoms with E-state index in [9.17, 15) is 9.90 Å². The monoisotopic (exact) mass is 275 g/mol. The number of aliphatic hydroxyl groups excluding tert-OH is 1. The highest BCUT2D eigenvalue weighted by molar-refractivity contribution is 5.95. The number of carbonyl (C=O) groups is 1. The van der Waals surface area contributed by atoms with Crippen molar-refractivity contribution in [3.63, 3.8) is 0 Å². The van der Waals surface area contributed by atoms with Gasteiger partial charge in [0.1, 0.15) is 0 Å². The van der Waals surface area contributed by atoms with E-state index in [-0.39, 0.29) is 12.5 Å². The van der Waals surface area contributed by atoms with Crippen molar-refractivity contribution < 1.29 is 14.4 Å². The van der Waals surface area contributed by atoms with Crippen molar-refractivity contribution >= 4 is 5.91 Å². The molecule has 0 spiro atoms. The average molecular weight is 275 g/mol. The summed E-state index contributed by atoms with van der Waals surface area (Å²) >= 11 is 0. The van der Waals surface area contributed by atoms with Gasteiger partial charge in [0, 0.05) is 18.1 Å². The van der Waals surface area contributed by atoms with Crippen LogP contribution in [-0.2, 0) is 0 Å². The second kappa shape index (κ2) is 5.42. The fourth-order valence-corrected chi connectivity index (χ4v) is 1.64. The van der Waals surface area contributed by atoms with Crippen LogP contribution in [0.15, 0.2) is 28.8 Å². The van der Waals surface area contributed by atoms with E-state index in [4.69, 9.17) is 4.52 Å². The van der Waals surface area contributed by atoms with Gasteiger partial charge in [-0.2, -0.15) is 4.98 Å². The largest absolute Gasteiger partial charge is 0.394 e. The highest BCUT2D eigenvalue weighted by Gasteiger charge is 2.20. The zero-order valence-electron chi connectivity index (χ0n) is 11.7. The normalized spacial score (nSPS) is 11.4. The Kier molecular flexibility index (Phi) is 3.85. The smallest absolute Gasteiger partial charge is 0.251 e. The van der Waals surface area contributed by atoms with Gasteiger partial charge < -0.3 is 14.9 Å². The molecule has 0 bridgehead atoms. The van der Waals surface area contributed by atoms with E-state index in [0.29, 0.717) is 22.8 Å². The summed E-state index contributed by atoms with van der Waals surface area (Å²) in [6.45, 7) is 5.06. The first kappa shape index (κ1) is 14.2. The molecule has 0 atom stereocenters. The van der Waals surface area contributed by atoms with E-state index in [1.165, 1.54) is 0 Å². The first-order valence-corrected chi connectivity index (χ1v) is 6.25. The van der Waals surface area contributed by atoms with Crippen LogP contribution in [0.25, 0.3) is 11.4 Å². The van der Waals surface area contributed by atoms with Crippen molar-refractivity contribution in [2.24, 2.45) is 0 Å². The number of nitrogens with one attached hydrogen (secondary N) is 1. The summed E-state index contributed by atoms with van der Waals surface area (Å²) in [6.07, 6.45) is 0. The van der Waals surface area contributed by atoms with Crippen molar-refractivity contribution in [2.45, 2.75) is 26.3 Å². The van der Waals surface area contributed by atoms with Crippen LogP contribution in [0.4, 0.5) is 0 Å². The molecule has 20 heavy (non-hydrogen) atoms. The average Bonchev–Trinajstić information content (AvgIpc) is 2.85. The standard InChI is InChI=1S/C14H17N3O3/c1-9-15-12(17-20-9)10-5-4-6-11(7-10)13(19)16-14(2,3)8-18/h4-7,18H,8H2,1-3H3,(H,16,19). The van der Waals surface area contributed by atoms with Crippen LogP contribution in [0.5, 0.6) is 0 Å². The molecule has 2 N–H and O–H groups in total. The Balaban J connectivity index is 2.24. The number of hydrogen-bond acceptors (Lipinski definition) is 5.